The van der Waals surface area contributed by atoms with Gasteiger partial charge in [-0.15, -0.1) is 0 Å². The molecule has 0 saturated carbocycles. The van der Waals surface area contributed by atoms with E-state index in [1.165, 1.54) is 6.08 Å². The number of carbonyl (C=O) groups excluding carboxylic acids is 3. The second-order valence-electron chi connectivity index (χ2n) is 6.62. The van der Waals surface area contributed by atoms with Crippen LogP contribution in [0.25, 0.3) is 4.91 Å². The summed E-state index contributed by atoms with van der Waals surface area (Å²) in [5, 5.41) is 5.07. The summed E-state index contributed by atoms with van der Waals surface area (Å²) in [6, 6.07) is 11.9. The van der Waals surface area contributed by atoms with Crippen LogP contribution in [0, 0.1) is 0 Å². The first-order valence-electron chi connectivity index (χ1n) is 8.71. The van der Waals surface area contributed by atoms with Crippen LogP contribution in [0.3, 0.4) is 0 Å². The largest absolute Gasteiger partial charge is 0.318 e. The molecule has 0 spiro atoms. The third-order valence-electron chi connectivity index (χ3n) is 4.20. The number of hydrogen-bond donors (Lipinski definition) is 3. The smallest absolute Gasteiger partial charge is 0.314 e. The zero-order chi connectivity index (χ0) is 21.1. The number of benzene rings is 2. The fourth-order valence-electron chi connectivity index (χ4n) is 2.62. The lowest BCUT2D eigenvalue weighted by Crippen LogP contribution is -2.29. The third-order valence-corrected chi connectivity index (χ3v) is 5.99. The molecule has 0 radical (unpaired) electrons. The minimum Gasteiger partial charge on any atom is -0.318 e. The van der Waals surface area contributed by atoms with Gasteiger partial charge in [0.05, 0.1) is 10.6 Å². The molecular weight excluding hydrogens is 458 g/mol. The van der Waals surface area contributed by atoms with Crippen LogP contribution in [0.4, 0.5) is 11.4 Å². The lowest BCUT2D eigenvalue weighted by molar-refractivity contribution is -0.133. The number of amides is 3. The van der Waals surface area contributed by atoms with Gasteiger partial charge in [-0.25, -0.2) is 4.21 Å². The highest BCUT2D eigenvalue weighted by molar-refractivity contribution is 9.10. The number of halogens is 1. The molecule has 3 N–H and O–H groups in total. The molecule has 0 aromatic heterocycles. The van der Waals surface area contributed by atoms with Gasteiger partial charge in [0.2, 0.25) is 0 Å². The molecular formula is C20H18BrN3O4S. The predicted octanol–water partition coefficient (Wildman–Crippen LogP) is 3.28. The van der Waals surface area contributed by atoms with Crippen molar-refractivity contribution in [1.29, 1.82) is 0 Å². The Bertz CT molecular complexity index is 1050. The Kier molecular flexibility index (Phi) is 6.29. The lowest BCUT2D eigenvalue weighted by Gasteiger charge is -2.11. The number of rotatable bonds is 4. The minimum atomic E-state index is -1.59. The number of nitrogens with one attached hydrogen (secondary N) is 3. The number of anilines is 2. The van der Waals surface area contributed by atoms with E-state index in [1.807, 2.05) is 12.1 Å². The van der Waals surface area contributed by atoms with E-state index in [0.717, 1.165) is 5.56 Å². The van der Waals surface area contributed by atoms with Gasteiger partial charge in [0.15, 0.2) is 11.0 Å². The van der Waals surface area contributed by atoms with Gasteiger partial charge in [0, 0.05) is 16.2 Å². The van der Waals surface area contributed by atoms with Gasteiger partial charge >= 0.3 is 11.8 Å². The average Bonchev–Trinajstić information content (AvgIpc) is 3.01. The van der Waals surface area contributed by atoms with Crippen molar-refractivity contribution in [1.82, 2.24) is 4.72 Å². The fourth-order valence-corrected chi connectivity index (χ4v) is 4.03. The molecule has 3 rings (SSSR count). The highest BCUT2D eigenvalue weighted by atomic mass is 79.9. The zero-order valence-electron chi connectivity index (χ0n) is 15.6. The van der Waals surface area contributed by atoms with Crippen molar-refractivity contribution in [2.24, 2.45) is 0 Å². The summed E-state index contributed by atoms with van der Waals surface area (Å²) in [4.78, 5) is 36.0. The van der Waals surface area contributed by atoms with E-state index < -0.39 is 28.7 Å². The molecule has 2 aromatic carbocycles. The van der Waals surface area contributed by atoms with Crippen molar-refractivity contribution in [2.75, 3.05) is 10.6 Å². The summed E-state index contributed by atoms with van der Waals surface area (Å²) >= 11 is 3.40. The molecule has 0 fully saturated rings. The van der Waals surface area contributed by atoms with E-state index in [9.17, 15) is 18.6 Å². The van der Waals surface area contributed by atoms with Crippen molar-refractivity contribution in [3.63, 3.8) is 0 Å². The number of hydrogen-bond acceptors (Lipinski definition) is 4. The summed E-state index contributed by atoms with van der Waals surface area (Å²) in [5.74, 6) is -1.70. The topological polar surface area (TPSA) is 104 Å². The van der Waals surface area contributed by atoms with E-state index in [4.69, 9.17) is 0 Å². The Hall–Kier alpha value is -2.78. The van der Waals surface area contributed by atoms with Crippen molar-refractivity contribution < 1.29 is 18.6 Å². The Balaban J connectivity index is 1.64. The van der Waals surface area contributed by atoms with Crippen LogP contribution in [0.1, 0.15) is 30.9 Å². The fraction of sp³-hybridized carbons (Fsp3) is 0.150. The maximum Gasteiger partial charge on any atom is 0.314 e. The van der Waals surface area contributed by atoms with Crippen LogP contribution in [-0.2, 0) is 25.4 Å². The van der Waals surface area contributed by atoms with Crippen molar-refractivity contribution in [3.05, 3.63) is 64.1 Å². The first-order valence-corrected chi connectivity index (χ1v) is 10.6. The van der Waals surface area contributed by atoms with Gasteiger partial charge in [-0.1, -0.05) is 32.0 Å². The molecule has 0 saturated heterocycles. The molecule has 1 aliphatic rings. The van der Waals surface area contributed by atoms with Gasteiger partial charge in [-0.2, -0.15) is 0 Å². The Morgan fingerprint density at radius 3 is 2.24 bits per heavy atom. The summed E-state index contributed by atoms with van der Waals surface area (Å²) in [6.07, 6.45) is 1.26. The Morgan fingerprint density at radius 2 is 1.69 bits per heavy atom. The number of carbonyl (C=O) groups is 3. The van der Waals surface area contributed by atoms with E-state index in [2.05, 4.69) is 45.1 Å². The van der Waals surface area contributed by atoms with Crippen LogP contribution in [0.15, 0.2) is 53.0 Å². The molecule has 2 aromatic rings. The summed E-state index contributed by atoms with van der Waals surface area (Å²) in [7, 11) is -1.59. The van der Waals surface area contributed by atoms with E-state index in [1.54, 1.807) is 30.3 Å². The first-order chi connectivity index (χ1) is 13.7. The van der Waals surface area contributed by atoms with Crippen LogP contribution in [-0.4, -0.2) is 21.9 Å². The van der Waals surface area contributed by atoms with Gasteiger partial charge < -0.3 is 10.6 Å². The molecule has 0 bridgehead atoms. The van der Waals surface area contributed by atoms with Gasteiger partial charge in [0.1, 0.15) is 0 Å². The highest BCUT2D eigenvalue weighted by Crippen LogP contribution is 2.27. The summed E-state index contributed by atoms with van der Waals surface area (Å²) < 4.78 is 14.7. The summed E-state index contributed by atoms with van der Waals surface area (Å²) in [6.45, 7) is 4.13. The maximum atomic E-state index is 12.2. The SMILES string of the molecule is CC(C)c1ccc(NC(=O)C(=O)Nc2ccc(C3=CC(=O)NS3=O)cc2)c(Br)c1. The van der Waals surface area contributed by atoms with Gasteiger partial charge in [-0.3, -0.25) is 19.1 Å². The zero-order valence-corrected chi connectivity index (χ0v) is 18.0. The average molecular weight is 476 g/mol. The molecule has 29 heavy (non-hydrogen) atoms. The predicted molar refractivity (Wildman–Crippen MR) is 116 cm³/mol. The second kappa shape index (κ2) is 8.71. The minimum absolute atomic E-state index is 0.341. The molecule has 1 aliphatic heterocycles. The highest BCUT2D eigenvalue weighted by Gasteiger charge is 2.21. The Morgan fingerprint density at radius 1 is 1.03 bits per heavy atom. The van der Waals surface area contributed by atoms with Crippen molar-refractivity contribution in [2.45, 2.75) is 19.8 Å². The van der Waals surface area contributed by atoms with E-state index >= 15 is 0 Å². The molecule has 3 amide bonds. The van der Waals surface area contributed by atoms with E-state index in [-0.39, 0.29) is 0 Å². The normalized spacial score (nSPS) is 15.7. The molecule has 0 aliphatic carbocycles. The van der Waals surface area contributed by atoms with Gasteiger partial charge in [0.25, 0.3) is 5.91 Å². The molecule has 1 unspecified atom stereocenters. The van der Waals surface area contributed by atoms with Crippen molar-refractivity contribution >= 4 is 60.9 Å². The monoisotopic (exact) mass is 475 g/mol. The molecule has 1 heterocycles. The van der Waals surface area contributed by atoms with Gasteiger partial charge in [-0.05, 0) is 57.2 Å². The molecule has 150 valence electrons. The molecule has 1 atom stereocenters. The van der Waals surface area contributed by atoms with E-state index in [0.29, 0.717) is 32.2 Å². The summed E-state index contributed by atoms with van der Waals surface area (Å²) in [5.41, 5.74) is 2.58. The quantitative estimate of drug-likeness (QED) is 0.590. The standard InChI is InChI=1S/C20H18BrN3O4S/c1-11(2)13-5-8-16(15(21)9-13)23-20(27)19(26)22-14-6-3-12(4-7-14)17-10-18(25)24-29(17)28/h3-11H,1-2H3,(H,22,26)(H,23,27)(H,24,25). The van der Waals surface area contributed by atoms with Crippen LogP contribution in [0.2, 0.25) is 0 Å². The second-order valence-corrected chi connectivity index (χ2v) is 8.66. The Labute approximate surface area is 178 Å². The molecule has 7 nitrogen and oxygen atoms in total. The van der Waals surface area contributed by atoms with Crippen LogP contribution >= 0.6 is 15.9 Å². The molecule has 9 heteroatoms. The maximum absolute atomic E-state index is 12.2. The van der Waals surface area contributed by atoms with Crippen LogP contribution in [0.5, 0.6) is 0 Å². The van der Waals surface area contributed by atoms with Crippen LogP contribution < -0.4 is 15.4 Å². The third kappa shape index (κ3) is 4.99. The lowest BCUT2D eigenvalue weighted by atomic mass is 10.0. The first kappa shape index (κ1) is 20.9. The van der Waals surface area contributed by atoms with Crippen molar-refractivity contribution in [3.8, 4) is 0 Å².